The second-order valence-electron chi connectivity index (χ2n) is 7.78. The Labute approximate surface area is 174 Å². The van der Waals surface area contributed by atoms with E-state index >= 15 is 0 Å². The number of phenolic OH excluding ortho intramolecular Hbond substituents is 2. The predicted octanol–water partition coefficient (Wildman–Crippen LogP) is 3.65. The number of aromatic hydroxyl groups is 2. The molecule has 4 rings (SSSR count). The number of nitrogens with zero attached hydrogens (tertiary/aromatic N) is 4. The van der Waals surface area contributed by atoms with Crippen molar-refractivity contribution < 1.29 is 15.0 Å². The largest absolute Gasteiger partial charge is 0.508 e. The number of benzene rings is 2. The van der Waals surface area contributed by atoms with Crippen LogP contribution in [0.1, 0.15) is 48.5 Å². The fourth-order valence-corrected chi connectivity index (χ4v) is 3.70. The standard InChI is InChI=1S/C22H25N5O3/c1-14(2)17-11-18(20(29)12-19(17)28)27-21(13-23-25-27)24-22(30)15-5-7-16(8-6-15)26-9-3-4-10-26/h5-8,11-14,28-29H,3-4,9-10H2,1-2H3,(H,24,30). The molecule has 1 aliphatic heterocycles. The van der Waals surface area contributed by atoms with E-state index in [0.717, 1.165) is 18.8 Å². The van der Waals surface area contributed by atoms with E-state index in [0.29, 0.717) is 22.6 Å². The molecule has 2 aromatic carbocycles. The van der Waals surface area contributed by atoms with Crippen LogP contribution in [0.15, 0.2) is 42.6 Å². The number of anilines is 2. The van der Waals surface area contributed by atoms with Crippen LogP contribution in [0.25, 0.3) is 5.69 Å². The van der Waals surface area contributed by atoms with Crippen LogP contribution in [0.2, 0.25) is 0 Å². The number of hydrogen-bond acceptors (Lipinski definition) is 6. The Morgan fingerprint density at radius 3 is 2.43 bits per heavy atom. The van der Waals surface area contributed by atoms with E-state index in [1.54, 1.807) is 18.2 Å². The molecule has 2 heterocycles. The van der Waals surface area contributed by atoms with Crippen LogP contribution in [0.3, 0.4) is 0 Å². The zero-order chi connectivity index (χ0) is 21.3. The van der Waals surface area contributed by atoms with Gasteiger partial charge in [-0.3, -0.25) is 4.79 Å². The van der Waals surface area contributed by atoms with Crippen molar-refractivity contribution in [1.82, 2.24) is 15.0 Å². The van der Waals surface area contributed by atoms with Crippen molar-refractivity contribution in [2.45, 2.75) is 32.6 Å². The van der Waals surface area contributed by atoms with Gasteiger partial charge in [0.15, 0.2) is 5.82 Å². The number of aromatic nitrogens is 3. The molecule has 1 saturated heterocycles. The Morgan fingerprint density at radius 2 is 1.77 bits per heavy atom. The molecule has 8 nitrogen and oxygen atoms in total. The molecule has 0 bridgehead atoms. The summed E-state index contributed by atoms with van der Waals surface area (Å²) in [4.78, 5) is 15.1. The molecule has 1 amide bonds. The smallest absolute Gasteiger partial charge is 0.256 e. The highest BCUT2D eigenvalue weighted by Crippen LogP contribution is 2.35. The van der Waals surface area contributed by atoms with Crippen molar-refractivity contribution in [3.63, 3.8) is 0 Å². The lowest BCUT2D eigenvalue weighted by Gasteiger charge is -2.17. The van der Waals surface area contributed by atoms with Crippen LogP contribution in [-0.4, -0.2) is 44.2 Å². The number of amides is 1. The minimum Gasteiger partial charge on any atom is -0.508 e. The summed E-state index contributed by atoms with van der Waals surface area (Å²) in [6.45, 7) is 5.97. The van der Waals surface area contributed by atoms with Gasteiger partial charge in [0.25, 0.3) is 5.91 Å². The molecule has 0 aliphatic carbocycles. The van der Waals surface area contributed by atoms with Gasteiger partial charge in [-0.2, -0.15) is 4.68 Å². The molecule has 0 radical (unpaired) electrons. The topological polar surface area (TPSA) is 104 Å². The van der Waals surface area contributed by atoms with Crippen LogP contribution >= 0.6 is 0 Å². The van der Waals surface area contributed by atoms with Crippen LogP contribution in [0.5, 0.6) is 11.5 Å². The molecule has 156 valence electrons. The average Bonchev–Trinajstić information content (AvgIpc) is 3.40. The van der Waals surface area contributed by atoms with Crippen molar-refractivity contribution in [2.24, 2.45) is 0 Å². The molecule has 1 aromatic heterocycles. The molecule has 0 saturated carbocycles. The van der Waals surface area contributed by atoms with E-state index < -0.39 is 0 Å². The fourth-order valence-electron chi connectivity index (χ4n) is 3.70. The Hall–Kier alpha value is -3.55. The third kappa shape index (κ3) is 3.80. The minimum absolute atomic E-state index is 0.00930. The fraction of sp³-hybridized carbons (Fsp3) is 0.318. The first-order chi connectivity index (χ1) is 14.4. The van der Waals surface area contributed by atoms with Gasteiger partial charge in [-0.25, -0.2) is 0 Å². The first kappa shape index (κ1) is 19.8. The van der Waals surface area contributed by atoms with Crippen molar-refractivity contribution >= 4 is 17.4 Å². The summed E-state index contributed by atoms with van der Waals surface area (Å²) in [5.41, 5.74) is 2.62. The number of rotatable bonds is 5. The summed E-state index contributed by atoms with van der Waals surface area (Å²) < 4.78 is 1.34. The van der Waals surface area contributed by atoms with Crippen LogP contribution in [-0.2, 0) is 0 Å². The number of nitrogens with one attached hydrogen (secondary N) is 1. The van der Waals surface area contributed by atoms with Crippen molar-refractivity contribution in [3.05, 3.63) is 53.7 Å². The van der Waals surface area contributed by atoms with E-state index in [2.05, 4.69) is 20.5 Å². The number of hydrogen-bond donors (Lipinski definition) is 3. The lowest BCUT2D eigenvalue weighted by Crippen LogP contribution is -2.18. The summed E-state index contributed by atoms with van der Waals surface area (Å²) in [6, 6.07) is 10.4. The van der Waals surface area contributed by atoms with Gasteiger partial charge in [-0.05, 0) is 54.7 Å². The zero-order valence-electron chi connectivity index (χ0n) is 17.0. The number of phenols is 2. The molecule has 0 spiro atoms. The first-order valence-electron chi connectivity index (χ1n) is 10.1. The maximum atomic E-state index is 12.7. The Morgan fingerprint density at radius 1 is 1.07 bits per heavy atom. The summed E-state index contributed by atoms with van der Waals surface area (Å²) in [5, 5.41) is 31.0. The summed E-state index contributed by atoms with van der Waals surface area (Å²) >= 11 is 0. The minimum atomic E-state index is -0.297. The monoisotopic (exact) mass is 407 g/mol. The van der Waals surface area contributed by atoms with E-state index in [4.69, 9.17) is 0 Å². The van der Waals surface area contributed by atoms with Gasteiger partial charge in [0.1, 0.15) is 17.2 Å². The molecule has 0 unspecified atom stereocenters. The molecule has 3 N–H and O–H groups in total. The molecule has 0 atom stereocenters. The molecule has 3 aromatic rings. The average molecular weight is 407 g/mol. The zero-order valence-corrected chi connectivity index (χ0v) is 17.0. The maximum Gasteiger partial charge on any atom is 0.256 e. The van der Waals surface area contributed by atoms with Crippen molar-refractivity contribution in [2.75, 3.05) is 23.3 Å². The molecule has 1 aliphatic rings. The number of carbonyl (C=O) groups is 1. The summed E-state index contributed by atoms with van der Waals surface area (Å²) in [6.07, 6.45) is 3.81. The van der Waals surface area contributed by atoms with Crippen LogP contribution < -0.4 is 10.2 Å². The Kier molecular flexibility index (Phi) is 5.31. The lowest BCUT2D eigenvalue weighted by atomic mass is 10.0. The highest BCUT2D eigenvalue weighted by molar-refractivity contribution is 6.04. The van der Waals surface area contributed by atoms with Crippen LogP contribution in [0, 0.1) is 0 Å². The molecule has 30 heavy (non-hydrogen) atoms. The SMILES string of the molecule is CC(C)c1cc(-n2nncc2NC(=O)c2ccc(N3CCCC3)cc2)c(O)cc1O. The van der Waals surface area contributed by atoms with E-state index in [-0.39, 0.29) is 23.3 Å². The predicted molar refractivity (Wildman–Crippen MR) is 115 cm³/mol. The van der Waals surface area contributed by atoms with Gasteiger partial charge in [-0.15, -0.1) is 5.10 Å². The van der Waals surface area contributed by atoms with Crippen molar-refractivity contribution in [1.29, 1.82) is 0 Å². The molecular weight excluding hydrogens is 382 g/mol. The highest BCUT2D eigenvalue weighted by Gasteiger charge is 2.18. The third-order valence-electron chi connectivity index (χ3n) is 5.37. The van der Waals surface area contributed by atoms with Gasteiger partial charge in [-0.1, -0.05) is 19.1 Å². The molecular formula is C22H25N5O3. The van der Waals surface area contributed by atoms with Gasteiger partial charge >= 0.3 is 0 Å². The summed E-state index contributed by atoms with van der Waals surface area (Å²) in [7, 11) is 0. The van der Waals surface area contributed by atoms with Gasteiger partial charge in [0.05, 0.1) is 6.20 Å². The van der Waals surface area contributed by atoms with E-state index in [9.17, 15) is 15.0 Å². The van der Waals surface area contributed by atoms with Crippen molar-refractivity contribution in [3.8, 4) is 17.2 Å². The normalized spacial score (nSPS) is 13.8. The summed E-state index contributed by atoms with van der Waals surface area (Å²) in [5.74, 6) is -0.0869. The molecule has 1 fully saturated rings. The maximum absolute atomic E-state index is 12.7. The lowest BCUT2D eigenvalue weighted by molar-refractivity contribution is 0.102. The van der Waals surface area contributed by atoms with Gasteiger partial charge in [0.2, 0.25) is 0 Å². The first-order valence-corrected chi connectivity index (χ1v) is 10.1. The van der Waals surface area contributed by atoms with E-state index in [1.807, 2.05) is 26.0 Å². The second-order valence-corrected chi connectivity index (χ2v) is 7.78. The van der Waals surface area contributed by atoms with Gasteiger partial charge < -0.3 is 20.4 Å². The molecule has 8 heteroatoms. The number of carbonyl (C=O) groups excluding carboxylic acids is 1. The van der Waals surface area contributed by atoms with Crippen LogP contribution in [0.4, 0.5) is 11.5 Å². The second kappa shape index (κ2) is 8.06. The third-order valence-corrected chi connectivity index (χ3v) is 5.37. The van der Waals surface area contributed by atoms with E-state index in [1.165, 1.54) is 29.8 Å². The quantitative estimate of drug-likeness (QED) is 0.596. The van der Waals surface area contributed by atoms with Gasteiger partial charge in [0, 0.05) is 30.4 Å². The highest BCUT2D eigenvalue weighted by atomic mass is 16.3. The Balaban J connectivity index is 1.57. The Bertz CT molecular complexity index is 1050.